The van der Waals surface area contributed by atoms with E-state index in [1.54, 1.807) is 12.1 Å². The van der Waals surface area contributed by atoms with Crippen molar-refractivity contribution in [3.05, 3.63) is 56.7 Å². The summed E-state index contributed by atoms with van der Waals surface area (Å²) < 4.78 is 45.8. The van der Waals surface area contributed by atoms with E-state index >= 15 is 0 Å². The highest BCUT2D eigenvalue weighted by Gasteiger charge is 2.38. The number of nitrogens with one attached hydrogen (secondary N) is 1. The monoisotopic (exact) mass is 459 g/mol. The lowest BCUT2D eigenvalue weighted by Gasteiger charge is -2.30. The van der Waals surface area contributed by atoms with Crippen LogP contribution in [0.15, 0.2) is 41.0 Å². The number of benzene rings is 1. The number of hydrogen-bond donors (Lipinski definition) is 1. The first-order chi connectivity index (χ1) is 13.2. The molecule has 0 amide bonds. The average Bonchev–Trinajstić information content (AvgIpc) is 2.62. The molecule has 0 aliphatic heterocycles. The topological polar surface area (TPSA) is 77.3 Å². The lowest BCUT2D eigenvalue weighted by atomic mass is 9.92. The van der Waals surface area contributed by atoms with E-state index < -0.39 is 22.4 Å². The normalized spacial score (nSPS) is 19.9. The Bertz CT molecular complexity index is 855. The van der Waals surface area contributed by atoms with Crippen LogP contribution in [0.25, 0.3) is 0 Å². The lowest BCUT2D eigenvalue weighted by Crippen LogP contribution is -2.31. The molecule has 6 nitrogen and oxygen atoms in total. The molecule has 1 N–H and O–H groups in total. The maximum atomic E-state index is 13.1. The second-order valence-corrected chi connectivity index (χ2v) is 7.33. The van der Waals surface area contributed by atoms with Gasteiger partial charge in [-0.05, 0) is 59.8 Å². The molecule has 28 heavy (non-hydrogen) atoms. The molecule has 0 unspecified atom stereocenters. The van der Waals surface area contributed by atoms with E-state index in [-0.39, 0.29) is 17.8 Å². The molecule has 10 heteroatoms. The summed E-state index contributed by atoms with van der Waals surface area (Å²) in [5, 5.41) is 13.9. The van der Waals surface area contributed by atoms with Crippen molar-refractivity contribution < 1.29 is 22.8 Å². The van der Waals surface area contributed by atoms with E-state index in [1.807, 2.05) is 6.07 Å². The molecular weight excluding hydrogens is 443 g/mol. The van der Waals surface area contributed by atoms with Crippen LogP contribution in [0.1, 0.15) is 31.2 Å². The number of rotatable bonds is 5. The molecule has 1 aromatic heterocycles. The van der Waals surface area contributed by atoms with Crippen LogP contribution < -0.4 is 10.1 Å². The van der Waals surface area contributed by atoms with Crippen molar-refractivity contribution in [3.63, 3.8) is 0 Å². The van der Waals surface area contributed by atoms with Crippen LogP contribution in [0.4, 0.5) is 24.5 Å². The number of hydrogen-bond acceptors (Lipinski definition) is 5. The predicted octanol–water partition coefficient (Wildman–Crippen LogP) is 5.57. The highest BCUT2D eigenvalue weighted by atomic mass is 79.9. The SMILES string of the molecule is O=[N+]([O-])c1ccc(NC2CCC(Oc3cccc(Br)n3)CC2)cc1C(F)(F)F. The highest BCUT2D eigenvalue weighted by Crippen LogP contribution is 2.38. The zero-order valence-electron chi connectivity index (χ0n) is 14.6. The fourth-order valence-corrected chi connectivity index (χ4v) is 3.53. The van der Waals surface area contributed by atoms with Crippen molar-refractivity contribution in [3.8, 4) is 5.88 Å². The Morgan fingerprint density at radius 1 is 1.18 bits per heavy atom. The van der Waals surface area contributed by atoms with Gasteiger partial charge in [-0.25, -0.2) is 4.98 Å². The molecule has 0 spiro atoms. The number of anilines is 1. The largest absolute Gasteiger partial charge is 0.474 e. The second-order valence-electron chi connectivity index (χ2n) is 6.52. The molecule has 1 aliphatic rings. The van der Waals surface area contributed by atoms with Crippen molar-refractivity contribution in [1.82, 2.24) is 4.98 Å². The molecule has 1 aromatic carbocycles. The van der Waals surface area contributed by atoms with Gasteiger partial charge in [0.05, 0.1) is 4.92 Å². The van der Waals surface area contributed by atoms with Crippen LogP contribution in [0.2, 0.25) is 0 Å². The summed E-state index contributed by atoms with van der Waals surface area (Å²) in [6.07, 6.45) is -1.94. The molecule has 150 valence electrons. The smallest absolute Gasteiger partial charge is 0.423 e. The molecule has 1 saturated carbocycles. The van der Waals surface area contributed by atoms with Crippen molar-refractivity contribution in [2.45, 2.75) is 44.0 Å². The number of nitrogens with zero attached hydrogens (tertiary/aromatic N) is 2. The summed E-state index contributed by atoms with van der Waals surface area (Å²) in [6.45, 7) is 0. The maximum absolute atomic E-state index is 13.1. The number of halogens is 4. The zero-order valence-corrected chi connectivity index (χ0v) is 16.2. The quantitative estimate of drug-likeness (QED) is 0.359. The van der Waals surface area contributed by atoms with Crippen LogP contribution in [-0.2, 0) is 6.18 Å². The summed E-state index contributed by atoms with van der Waals surface area (Å²) in [7, 11) is 0. The van der Waals surface area contributed by atoms with Gasteiger partial charge in [-0.2, -0.15) is 13.2 Å². The number of ether oxygens (including phenoxy) is 1. The van der Waals surface area contributed by atoms with Crippen molar-refractivity contribution in [2.75, 3.05) is 5.32 Å². The molecule has 0 bridgehead atoms. The fraction of sp³-hybridized carbons (Fsp3) is 0.389. The summed E-state index contributed by atoms with van der Waals surface area (Å²) in [5.41, 5.74) is -1.98. The van der Waals surface area contributed by atoms with Crippen LogP contribution in [0.3, 0.4) is 0 Å². The Morgan fingerprint density at radius 3 is 2.50 bits per heavy atom. The van der Waals surface area contributed by atoms with E-state index in [0.717, 1.165) is 25.0 Å². The minimum absolute atomic E-state index is 0.0116. The minimum Gasteiger partial charge on any atom is -0.474 e. The third-order valence-electron chi connectivity index (χ3n) is 4.52. The van der Waals surface area contributed by atoms with Gasteiger partial charge in [-0.1, -0.05) is 6.07 Å². The third kappa shape index (κ3) is 5.12. The Hall–Kier alpha value is -2.36. The van der Waals surface area contributed by atoms with Gasteiger partial charge in [0.25, 0.3) is 5.69 Å². The highest BCUT2D eigenvalue weighted by molar-refractivity contribution is 9.10. The maximum Gasteiger partial charge on any atom is 0.423 e. The number of nitro groups is 1. The molecule has 0 atom stereocenters. The fourth-order valence-electron chi connectivity index (χ4n) is 3.20. The second kappa shape index (κ2) is 8.34. The number of alkyl halides is 3. The van der Waals surface area contributed by atoms with Crippen LogP contribution in [-0.4, -0.2) is 22.1 Å². The van der Waals surface area contributed by atoms with Crippen molar-refractivity contribution in [2.24, 2.45) is 0 Å². The van der Waals surface area contributed by atoms with Crippen LogP contribution in [0, 0.1) is 10.1 Å². The first-order valence-electron chi connectivity index (χ1n) is 8.64. The summed E-state index contributed by atoms with van der Waals surface area (Å²) in [4.78, 5) is 14.0. The van der Waals surface area contributed by atoms with Gasteiger partial charge in [0.15, 0.2) is 0 Å². The van der Waals surface area contributed by atoms with Crippen molar-refractivity contribution >= 4 is 27.3 Å². The first kappa shape index (κ1) is 20.4. The summed E-state index contributed by atoms with van der Waals surface area (Å²) in [6, 6.07) is 8.36. The molecule has 2 aromatic rings. The van der Waals surface area contributed by atoms with Gasteiger partial charge in [-0.15, -0.1) is 0 Å². The molecular formula is C18H17BrF3N3O3. The minimum atomic E-state index is -4.79. The standard InChI is InChI=1S/C18H17BrF3N3O3/c19-16-2-1-3-17(24-16)28-13-7-4-11(5-8-13)23-12-6-9-15(25(26)27)14(10-12)18(20,21)22/h1-3,6,9-11,13,23H,4-5,7-8H2. The number of pyridine rings is 1. The Morgan fingerprint density at radius 2 is 1.89 bits per heavy atom. The lowest BCUT2D eigenvalue weighted by molar-refractivity contribution is -0.388. The summed E-state index contributed by atoms with van der Waals surface area (Å²) in [5.74, 6) is 0.524. The van der Waals surface area contributed by atoms with E-state index in [0.29, 0.717) is 23.3 Å². The van der Waals surface area contributed by atoms with Gasteiger partial charge in [0.1, 0.15) is 16.3 Å². The molecule has 1 heterocycles. The van der Waals surface area contributed by atoms with Crippen molar-refractivity contribution in [1.29, 1.82) is 0 Å². The molecule has 0 radical (unpaired) electrons. The van der Waals surface area contributed by atoms with Gasteiger partial charge in [-0.3, -0.25) is 10.1 Å². The predicted molar refractivity (Wildman–Crippen MR) is 100 cm³/mol. The van der Waals surface area contributed by atoms with Gasteiger partial charge in [0.2, 0.25) is 5.88 Å². The Labute approximate surface area is 167 Å². The molecule has 1 aliphatic carbocycles. The van der Waals surface area contributed by atoms with Gasteiger partial charge < -0.3 is 10.1 Å². The van der Waals surface area contributed by atoms with E-state index in [1.165, 1.54) is 6.07 Å². The van der Waals surface area contributed by atoms with Gasteiger partial charge >= 0.3 is 6.18 Å². The summed E-state index contributed by atoms with van der Waals surface area (Å²) >= 11 is 3.28. The molecule has 0 saturated heterocycles. The zero-order chi connectivity index (χ0) is 20.3. The number of aromatic nitrogens is 1. The Balaban J connectivity index is 1.61. The number of nitro benzene ring substituents is 1. The van der Waals surface area contributed by atoms with Crippen LogP contribution in [0.5, 0.6) is 5.88 Å². The van der Waals surface area contributed by atoms with Gasteiger partial charge in [0, 0.05) is 23.9 Å². The first-order valence-corrected chi connectivity index (χ1v) is 9.43. The van der Waals surface area contributed by atoms with Crippen LogP contribution >= 0.6 is 15.9 Å². The van der Waals surface area contributed by atoms with E-state index in [2.05, 4.69) is 26.2 Å². The average molecular weight is 460 g/mol. The molecule has 1 fully saturated rings. The third-order valence-corrected chi connectivity index (χ3v) is 4.96. The molecule has 3 rings (SSSR count). The Kier molecular flexibility index (Phi) is 6.07. The van der Waals surface area contributed by atoms with E-state index in [4.69, 9.17) is 4.74 Å². The van der Waals surface area contributed by atoms with E-state index in [9.17, 15) is 23.3 Å².